The van der Waals surface area contributed by atoms with Gasteiger partial charge in [0.25, 0.3) is 0 Å². The van der Waals surface area contributed by atoms with Crippen LogP contribution in [0.2, 0.25) is 0 Å². The van der Waals surface area contributed by atoms with Crippen LogP contribution in [0.25, 0.3) is 0 Å². The van der Waals surface area contributed by atoms with Crippen LogP contribution in [0.1, 0.15) is 7.43 Å². The van der Waals surface area contributed by atoms with Gasteiger partial charge >= 0.3 is 0 Å². The SMILES string of the molecule is C.c1cn[nH]c1. The van der Waals surface area contributed by atoms with Crippen molar-refractivity contribution in [1.82, 2.24) is 10.2 Å². The number of nitrogens with zero attached hydrogens (tertiary/aromatic N) is 1. The summed E-state index contributed by atoms with van der Waals surface area (Å²) in [4.78, 5) is 0. The summed E-state index contributed by atoms with van der Waals surface area (Å²) in [5.74, 6) is 0. The minimum absolute atomic E-state index is 0. The average Bonchev–Trinajstić information content (AvgIpc) is 1.76. The van der Waals surface area contributed by atoms with Gasteiger partial charge in [0, 0.05) is 12.4 Å². The van der Waals surface area contributed by atoms with Crippen molar-refractivity contribution in [1.29, 1.82) is 0 Å². The zero-order chi connectivity index (χ0) is 3.54. The van der Waals surface area contributed by atoms with Gasteiger partial charge in [-0.1, -0.05) is 7.43 Å². The molecule has 0 bridgehead atoms. The number of aromatic amines is 1. The summed E-state index contributed by atoms with van der Waals surface area (Å²) in [6.45, 7) is 0. The lowest BCUT2D eigenvalue weighted by Gasteiger charge is -1.49. The lowest BCUT2D eigenvalue weighted by Crippen LogP contribution is -1.53. The van der Waals surface area contributed by atoms with Gasteiger partial charge in [-0.2, -0.15) is 5.10 Å². The van der Waals surface area contributed by atoms with E-state index in [-0.39, 0.29) is 7.43 Å². The van der Waals surface area contributed by atoms with Crippen molar-refractivity contribution in [2.75, 3.05) is 0 Å². The number of hydrogen-bond acceptors (Lipinski definition) is 1. The zero-order valence-electron chi connectivity index (χ0n) is 2.68. The molecule has 0 amide bonds. The highest BCUT2D eigenvalue weighted by Crippen LogP contribution is 1.64. The number of hydrogen-bond donors (Lipinski definition) is 1. The Bertz CT molecular complexity index is 62.0. The normalized spacial score (nSPS) is 6.67. The fourth-order valence-electron chi connectivity index (χ4n) is 0.215. The fourth-order valence-corrected chi connectivity index (χ4v) is 0.215. The highest BCUT2D eigenvalue weighted by molar-refractivity contribution is 4.72. The summed E-state index contributed by atoms with van der Waals surface area (Å²) < 4.78 is 0. The predicted molar refractivity (Wildman–Crippen MR) is 25.3 cm³/mol. The second kappa shape index (κ2) is 2.45. The molecule has 6 heavy (non-hydrogen) atoms. The maximum Gasteiger partial charge on any atom is 0.0487 e. The van der Waals surface area contributed by atoms with Crippen molar-refractivity contribution in [3.63, 3.8) is 0 Å². The van der Waals surface area contributed by atoms with Gasteiger partial charge in [-0.25, -0.2) is 0 Å². The Kier molecular flexibility index (Phi) is 2.13. The lowest BCUT2D eigenvalue weighted by molar-refractivity contribution is 1.09. The molecule has 0 saturated heterocycles. The molecule has 2 heteroatoms. The quantitative estimate of drug-likeness (QED) is 0.500. The van der Waals surface area contributed by atoms with E-state index in [9.17, 15) is 0 Å². The van der Waals surface area contributed by atoms with Crippen molar-refractivity contribution in [2.45, 2.75) is 7.43 Å². The third-order valence-corrected chi connectivity index (χ3v) is 0.406. The van der Waals surface area contributed by atoms with Crippen LogP contribution in [-0.4, -0.2) is 10.2 Å². The highest BCUT2D eigenvalue weighted by atomic mass is 15.1. The zero-order valence-corrected chi connectivity index (χ0v) is 2.68. The van der Waals surface area contributed by atoms with Crippen LogP contribution in [0.5, 0.6) is 0 Å². The van der Waals surface area contributed by atoms with E-state index in [1.54, 1.807) is 12.4 Å². The summed E-state index contributed by atoms with van der Waals surface area (Å²) in [5.41, 5.74) is 0. The molecule has 0 atom stereocenters. The molecule has 0 fully saturated rings. The summed E-state index contributed by atoms with van der Waals surface area (Å²) in [6, 6.07) is 1.83. The van der Waals surface area contributed by atoms with Crippen LogP contribution in [0.15, 0.2) is 18.5 Å². The molecule has 2 nitrogen and oxygen atoms in total. The van der Waals surface area contributed by atoms with Crippen LogP contribution in [0.4, 0.5) is 0 Å². The molecule has 0 spiro atoms. The van der Waals surface area contributed by atoms with E-state index in [4.69, 9.17) is 0 Å². The molecule has 0 aromatic carbocycles. The number of rotatable bonds is 0. The van der Waals surface area contributed by atoms with Crippen LogP contribution in [0, 0.1) is 0 Å². The molecule has 0 aliphatic heterocycles. The Morgan fingerprint density at radius 1 is 1.50 bits per heavy atom. The minimum Gasteiger partial charge on any atom is -0.286 e. The fraction of sp³-hybridized carbons (Fsp3) is 0.250. The molecule has 1 aromatic heterocycles. The molecule has 1 aromatic rings. The highest BCUT2D eigenvalue weighted by Gasteiger charge is 1.56. The van der Waals surface area contributed by atoms with Gasteiger partial charge in [0.2, 0.25) is 0 Å². The molecular weight excluding hydrogens is 76.1 g/mol. The van der Waals surface area contributed by atoms with E-state index in [2.05, 4.69) is 10.2 Å². The second-order valence-electron chi connectivity index (χ2n) is 0.766. The van der Waals surface area contributed by atoms with E-state index < -0.39 is 0 Å². The minimum atomic E-state index is 0. The van der Waals surface area contributed by atoms with E-state index in [0.717, 1.165) is 0 Å². The third-order valence-electron chi connectivity index (χ3n) is 0.406. The molecule has 1 heterocycles. The van der Waals surface area contributed by atoms with Crippen LogP contribution >= 0.6 is 0 Å². The van der Waals surface area contributed by atoms with E-state index in [1.807, 2.05) is 6.07 Å². The molecule has 0 radical (unpaired) electrons. The van der Waals surface area contributed by atoms with Crippen molar-refractivity contribution >= 4 is 0 Å². The average molecular weight is 84.1 g/mol. The Balaban J connectivity index is 0.000000250. The van der Waals surface area contributed by atoms with Gasteiger partial charge < -0.3 is 0 Å². The first-order valence-corrected chi connectivity index (χ1v) is 1.44. The summed E-state index contributed by atoms with van der Waals surface area (Å²) >= 11 is 0. The van der Waals surface area contributed by atoms with E-state index in [1.165, 1.54) is 0 Å². The van der Waals surface area contributed by atoms with E-state index >= 15 is 0 Å². The summed E-state index contributed by atoms with van der Waals surface area (Å²) in [7, 11) is 0. The van der Waals surface area contributed by atoms with Gasteiger partial charge in [0.15, 0.2) is 0 Å². The Morgan fingerprint density at radius 2 is 2.33 bits per heavy atom. The van der Waals surface area contributed by atoms with Gasteiger partial charge in [0.05, 0.1) is 0 Å². The topological polar surface area (TPSA) is 28.7 Å². The third kappa shape index (κ3) is 0.885. The van der Waals surface area contributed by atoms with Crippen molar-refractivity contribution in [2.24, 2.45) is 0 Å². The van der Waals surface area contributed by atoms with Gasteiger partial charge in [-0.3, -0.25) is 5.10 Å². The maximum absolute atomic E-state index is 3.60. The van der Waals surface area contributed by atoms with Crippen LogP contribution in [-0.2, 0) is 0 Å². The molecule has 0 saturated carbocycles. The van der Waals surface area contributed by atoms with Crippen molar-refractivity contribution in [3.05, 3.63) is 18.5 Å². The first-order chi connectivity index (χ1) is 2.50. The molecule has 1 N–H and O–H groups in total. The van der Waals surface area contributed by atoms with Gasteiger partial charge in [-0.05, 0) is 6.07 Å². The number of nitrogens with one attached hydrogen (secondary N) is 1. The van der Waals surface area contributed by atoms with Gasteiger partial charge in [-0.15, -0.1) is 0 Å². The van der Waals surface area contributed by atoms with Crippen molar-refractivity contribution in [3.8, 4) is 0 Å². The Labute approximate surface area is 37.2 Å². The van der Waals surface area contributed by atoms with Crippen LogP contribution < -0.4 is 0 Å². The standard InChI is InChI=1S/C3H4N2.CH4/c1-2-4-5-3-1;/h1-3H,(H,4,5);1H4. The Hall–Kier alpha value is -0.790. The summed E-state index contributed by atoms with van der Waals surface area (Å²) in [5, 5.41) is 6.21. The molecule has 34 valence electrons. The molecule has 0 aliphatic carbocycles. The first kappa shape index (κ1) is 5.21. The van der Waals surface area contributed by atoms with Crippen molar-refractivity contribution < 1.29 is 0 Å². The van der Waals surface area contributed by atoms with Crippen LogP contribution in [0.3, 0.4) is 0 Å². The first-order valence-electron chi connectivity index (χ1n) is 1.44. The largest absolute Gasteiger partial charge is 0.286 e. The lowest BCUT2D eigenvalue weighted by atomic mass is 10.8. The number of aromatic nitrogens is 2. The van der Waals surface area contributed by atoms with Gasteiger partial charge in [0.1, 0.15) is 0 Å². The second-order valence-corrected chi connectivity index (χ2v) is 0.766. The number of H-pyrrole nitrogens is 1. The Morgan fingerprint density at radius 3 is 2.50 bits per heavy atom. The monoisotopic (exact) mass is 84.1 g/mol. The maximum atomic E-state index is 3.60. The molecule has 0 aliphatic rings. The molecule has 1 rings (SSSR count). The van der Waals surface area contributed by atoms with E-state index in [0.29, 0.717) is 0 Å². The molecular formula is C4H8N2. The summed E-state index contributed by atoms with van der Waals surface area (Å²) in [6.07, 6.45) is 3.46. The predicted octanol–water partition coefficient (Wildman–Crippen LogP) is 1.05. The molecule has 0 unspecified atom stereocenters. The smallest absolute Gasteiger partial charge is 0.0487 e.